The van der Waals surface area contributed by atoms with Gasteiger partial charge in [-0.2, -0.15) is 0 Å². The van der Waals surface area contributed by atoms with Crippen LogP contribution in [0.4, 0.5) is 4.39 Å². The molecular formula is C15H19BrFN3. The van der Waals surface area contributed by atoms with E-state index < -0.39 is 0 Å². The molecule has 0 heterocycles. The number of nitrogens with zero attached hydrogens (tertiary/aromatic N) is 1. The number of benzene rings is 1. The van der Waals surface area contributed by atoms with Crippen molar-refractivity contribution < 1.29 is 4.39 Å². The second kappa shape index (κ2) is 6.39. The van der Waals surface area contributed by atoms with Gasteiger partial charge in [0.15, 0.2) is 5.96 Å². The molecule has 0 amide bonds. The van der Waals surface area contributed by atoms with Gasteiger partial charge in [-0.25, -0.2) is 9.38 Å². The fourth-order valence-corrected chi connectivity index (χ4v) is 2.65. The smallest absolute Gasteiger partial charge is 0.189 e. The summed E-state index contributed by atoms with van der Waals surface area (Å²) < 4.78 is 13.7. The van der Waals surface area contributed by atoms with Crippen LogP contribution in [0.5, 0.6) is 0 Å². The highest BCUT2D eigenvalue weighted by Gasteiger charge is 2.30. The van der Waals surface area contributed by atoms with Gasteiger partial charge in [0.25, 0.3) is 0 Å². The molecule has 1 aliphatic carbocycles. The van der Waals surface area contributed by atoms with Gasteiger partial charge in [0.2, 0.25) is 0 Å². The lowest BCUT2D eigenvalue weighted by Crippen LogP contribution is -2.46. The summed E-state index contributed by atoms with van der Waals surface area (Å²) in [5, 5.41) is 3.20. The van der Waals surface area contributed by atoms with Crippen LogP contribution in [0.3, 0.4) is 0 Å². The molecule has 20 heavy (non-hydrogen) atoms. The molecule has 0 aliphatic heterocycles. The maximum absolute atomic E-state index is 13.2. The van der Waals surface area contributed by atoms with Gasteiger partial charge in [-0.3, -0.25) is 0 Å². The van der Waals surface area contributed by atoms with Gasteiger partial charge >= 0.3 is 0 Å². The molecule has 2 rings (SSSR count). The Morgan fingerprint density at radius 1 is 1.55 bits per heavy atom. The summed E-state index contributed by atoms with van der Waals surface area (Å²) in [7, 11) is 0. The topological polar surface area (TPSA) is 50.4 Å². The Balaban J connectivity index is 1.83. The summed E-state index contributed by atoms with van der Waals surface area (Å²) in [6.07, 6.45) is 1.97. The summed E-state index contributed by atoms with van der Waals surface area (Å²) in [6, 6.07) is 5.55. The lowest BCUT2D eigenvalue weighted by molar-refractivity contribution is 0.323. The van der Waals surface area contributed by atoms with Gasteiger partial charge in [-0.15, -0.1) is 0 Å². The number of rotatable bonds is 4. The zero-order valence-electron chi connectivity index (χ0n) is 11.5. The average molecular weight is 340 g/mol. The summed E-state index contributed by atoms with van der Waals surface area (Å²) in [5.74, 6) is 0.703. The minimum absolute atomic E-state index is 0.223. The summed E-state index contributed by atoms with van der Waals surface area (Å²) in [5.41, 5.74) is 7.95. The van der Waals surface area contributed by atoms with Crippen LogP contribution in [0.1, 0.15) is 31.2 Å². The first kappa shape index (κ1) is 15.0. The van der Waals surface area contributed by atoms with Gasteiger partial charge in [-0.05, 0) is 59.3 Å². The molecule has 0 saturated heterocycles. The van der Waals surface area contributed by atoms with E-state index in [-0.39, 0.29) is 5.82 Å². The van der Waals surface area contributed by atoms with Crippen LogP contribution in [0, 0.1) is 5.82 Å². The van der Waals surface area contributed by atoms with Crippen LogP contribution in [0.2, 0.25) is 0 Å². The van der Waals surface area contributed by atoms with E-state index in [2.05, 4.69) is 32.8 Å². The van der Waals surface area contributed by atoms with Crippen molar-refractivity contribution in [1.82, 2.24) is 5.32 Å². The van der Waals surface area contributed by atoms with E-state index in [0.717, 1.165) is 24.0 Å². The van der Waals surface area contributed by atoms with Crippen LogP contribution in [-0.2, 0) is 0 Å². The van der Waals surface area contributed by atoms with Crippen LogP contribution in [0.25, 0.3) is 0 Å². The highest BCUT2D eigenvalue weighted by atomic mass is 79.9. The highest BCUT2D eigenvalue weighted by Crippen LogP contribution is 2.38. The Morgan fingerprint density at radius 2 is 2.25 bits per heavy atom. The minimum Gasteiger partial charge on any atom is -0.370 e. The number of nitrogens with one attached hydrogen (secondary N) is 1. The molecule has 0 atom stereocenters. The minimum atomic E-state index is -0.223. The van der Waals surface area contributed by atoms with Gasteiger partial charge in [-0.1, -0.05) is 18.2 Å². The van der Waals surface area contributed by atoms with E-state index in [1.54, 1.807) is 0 Å². The van der Waals surface area contributed by atoms with Crippen molar-refractivity contribution in [1.29, 1.82) is 0 Å². The van der Waals surface area contributed by atoms with Gasteiger partial charge in [0.1, 0.15) is 5.82 Å². The summed E-state index contributed by atoms with van der Waals surface area (Å²) in [4.78, 5) is 4.20. The molecule has 1 saturated carbocycles. The largest absolute Gasteiger partial charge is 0.370 e. The third-order valence-corrected chi connectivity index (χ3v) is 4.03. The molecule has 0 unspecified atom stereocenters. The summed E-state index contributed by atoms with van der Waals surface area (Å²) in [6.45, 7) is 6.26. The molecule has 0 spiro atoms. The Kier molecular flexibility index (Phi) is 4.81. The Morgan fingerprint density at radius 3 is 2.85 bits per heavy atom. The fraction of sp³-hybridized carbons (Fsp3) is 0.400. The third-order valence-electron chi connectivity index (χ3n) is 3.42. The zero-order valence-corrected chi connectivity index (χ0v) is 13.1. The number of hydrogen-bond acceptors (Lipinski definition) is 1. The quantitative estimate of drug-likeness (QED) is 0.502. The molecule has 1 aromatic rings. The number of halogens is 2. The Hall–Kier alpha value is -1.36. The van der Waals surface area contributed by atoms with E-state index in [1.807, 2.05) is 19.1 Å². The Labute approximate surface area is 127 Å². The molecule has 1 fully saturated rings. The lowest BCUT2D eigenvalue weighted by Gasteiger charge is -2.36. The monoisotopic (exact) mass is 339 g/mol. The van der Waals surface area contributed by atoms with Crippen molar-refractivity contribution in [3.63, 3.8) is 0 Å². The van der Waals surface area contributed by atoms with Crippen molar-refractivity contribution in [3.8, 4) is 0 Å². The fourth-order valence-electron chi connectivity index (χ4n) is 2.25. The van der Waals surface area contributed by atoms with E-state index in [4.69, 9.17) is 5.73 Å². The van der Waals surface area contributed by atoms with Crippen molar-refractivity contribution in [2.45, 2.75) is 31.7 Å². The van der Waals surface area contributed by atoms with Gasteiger partial charge in [0, 0.05) is 6.04 Å². The molecule has 0 bridgehead atoms. The number of hydrogen-bond donors (Lipinski definition) is 2. The van der Waals surface area contributed by atoms with E-state index in [9.17, 15) is 4.39 Å². The molecule has 108 valence electrons. The third kappa shape index (κ3) is 3.82. The molecule has 1 aliphatic rings. The molecule has 0 aromatic heterocycles. The molecule has 5 heteroatoms. The number of aliphatic imine (C=N–C) groups is 1. The molecule has 0 radical (unpaired) electrons. The predicted octanol–water partition coefficient (Wildman–Crippen LogP) is 3.31. The molecule has 3 N–H and O–H groups in total. The standard InChI is InChI=1S/C15H19BrFN3/c1-9(2)8-19-15(18)20-12-5-11(6-12)10-3-4-14(17)13(16)7-10/h3-4,7,11-12H,1,5-6,8H2,2H3,(H3,18,19,20). The first-order valence-electron chi connectivity index (χ1n) is 6.61. The Bertz CT molecular complexity index is 536. The normalized spacial score (nSPS) is 22.2. The van der Waals surface area contributed by atoms with Crippen LogP contribution in [0.15, 0.2) is 39.8 Å². The van der Waals surface area contributed by atoms with E-state index in [0.29, 0.717) is 28.9 Å². The van der Waals surface area contributed by atoms with Crippen LogP contribution >= 0.6 is 15.9 Å². The lowest BCUT2D eigenvalue weighted by atomic mass is 9.76. The van der Waals surface area contributed by atoms with Crippen molar-refractivity contribution in [3.05, 3.63) is 46.2 Å². The molecule has 3 nitrogen and oxygen atoms in total. The molecule has 1 aromatic carbocycles. The maximum Gasteiger partial charge on any atom is 0.189 e. The van der Waals surface area contributed by atoms with Gasteiger partial charge in [0.05, 0.1) is 11.0 Å². The van der Waals surface area contributed by atoms with Gasteiger partial charge < -0.3 is 11.1 Å². The van der Waals surface area contributed by atoms with E-state index in [1.165, 1.54) is 6.07 Å². The first-order valence-corrected chi connectivity index (χ1v) is 7.40. The maximum atomic E-state index is 13.2. The second-order valence-corrected chi connectivity index (χ2v) is 6.20. The van der Waals surface area contributed by atoms with E-state index >= 15 is 0 Å². The first-order chi connectivity index (χ1) is 9.45. The second-order valence-electron chi connectivity index (χ2n) is 5.34. The molecular weight excluding hydrogens is 321 g/mol. The number of nitrogens with two attached hydrogens (primary N) is 1. The van der Waals surface area contributed by atoms with Crippen molar-refractivity contribution >= 4 is 21.9 Å². The predicted molar refractivity (Wildman–Crippen MR) is 84.3 cm³/mol. The zero-order chi connectivity index (χ0) is 14.7. The van der Waals surface area contributed by atoms with Crippen molar-refractivity contribution in [2.24, 2.45) is 10.7 Å². The van der Waals surface area contributed by atoms with Crippen LogP contribution < -0.4 is 11.1 Å². The van der Waals surface area contributed by atoms with Crippen molar-refractivity contribution in [2.75, 3.05) is 6.54 Å². The van der Waals surface area contributed by atoms with Crippen LogP contribution in [-0.4, -0.2) is 18.5 Å². The highest BCUT2D eigenvalue weighted by molar-refractivity contribution is 9.10. The SMILES string of the molecule is C=C(C)CN=C(N)NC1CC(c2ccc(F)c(Br)c2)C1. The average Bonchev–Trinajstić information content (AvgIpc) is 2.34. The summed E-state index contributed by atoms with van der Waals surface area (Å²) >= 11 is 3.22. The number of guanidine groups is 1.